The number of rotatable bonds is 5. The van der Waals surface area contributed by atoms with Crippen LogP contribution in [0.2, 0.25) is 0 Å². The number of benzene rings is 3. The Bertz CT molecular complexity index is 1110. The van der Waals surface area contributed by atoms with Gasteiger partial charge in [-0.2, -0.15) is 10.5 Å². The van der Waals surface area contributed by atoms with E-state index in [9.17, 15) is 0 Å². The second kappa shape index (κ2) is 13.2. The van der Waals surface area contributed by atoms with Crippen molar-refractivity contribution in [3.8, 4) is 22.6 Å². The molecule has 5 nitrogen and oxygen atoms in total. The largest absolute Gasteiger partial charge is 0.409 e. The molecule has 4 aromatic rings. The van der Waals surface area contributed by atoms with Gasteiger partial charge < -0.3 is 9.68 Å². The normalized spacial score (nSPS) is 10.1. The van der Waals surface area contributed by atoms with Gasteiger partial charge in [0.1, 0.15) is 11.3 Å². The molecule has 174 valence electrons. The van der Waals surface area contributed by atoms with Crippen LogP contribution in [0.15, 0.2) is 78.9 Å². The van der Waals surface area contributed by atoms with Crippen molar-refractivity contribution in [1.29, 1.82) is 0 Å². The second-order valence-electron chi connectivity index (χ2n) is 7.33. The lowest BCUT2D eigenvalue weighted by molar-refractivity contribution is -0.00170. The Balaban J connectivity index is 0.000000218. The zero-order valence-corrected chi connectivity index (χ0v) is 20.7. The maximum Gasteiger partial charge on any atom is 0.173 e. The van der Waals surface area contributed by atoms with Crippen LogP contribution < -0.4 is 15.2 Å². The third-order valence-electron chi connectivity index (χ3n) is 4.60. The summed E-state index contributed by atoms with van der Waals surface area (Å²) in [5.41, 5.74) is 8.22. The molecule has 0 aliphatic carbocycles. The zero-order chi connectivity index (χ0) is 24.2. The van der Waals surface area contributed by atoms with E-state index in [1.165, 1.54) is 16.7 Å². The molecule has 0 aliphatic heterocycles. The van der Waals surface area contributed by atoms with Gasteiger partial charge in [0.15, 0.2) is 5.75 Å². The van der Waals surface area contributed by atoms with Gasteiger partial charge in [0.05, 0.1) is 0 Å². The summed E-state index contributed by atoms with van der Waals surface area (Å²) in [6.45, 7) is 8.09. The fraction of sp³-hybridized carbons (Fsp3) is 0.250. The number of aromatic nitrogens is 1. The number of hydroxylamine groups is 3. The number of aryl methyl sites for hydroxylation is 2. The van der Waals surface area contributed by atoms with Gasteiger partial charge in [0.25, 0.3) is 0 Å². The molecule has 1 N–H and O–H groups in total. The van der Waals surface area contributed by atoms with Crippen LogP contribution in [-0.2, 0) is 0 Å². The first-order chi connectivity index (χ1) is 16.0. The molecule has 4 rings (SSSR count). The van der Waals surface area contributed by atoms with Crippen LogP contribution in [0.1, 0.15) is 25.1 Å². The molecule has 0 bridgehead atoms. The number of nitrogens with zero attached hydrogens (tertiary/aromatic N) is 2. The predicted octanol–water partition coefficient (Wildman–Crippen LogP) is 6.60. The first-order valence-corrected chi connectivity index (χ1v) is 11.2. The highest BCUT2D eigenvalue weighted by molar-refractivity contribution is 5.87. The smallest absolute Gasteiger partial charge is 0.173 e. The van der Waals surface area contributed by atoms with Crippen molar-refractivity contribution in [3.05, 3.63) is 90.1 Å². The molecule has 3 aromatic carbocycles. The third-order valence-corrected chi connectivity index (χ3v) is 4.60. The number of hydrogen-bond acceptors (Lipinski definition) is 5. The van der Waals surface area contributed by atoms with Gasteiger partial charge in [-0.05, 0) is 54.8 Å². The Morgan fingerprint density at radius 1 is 0.788 bits per heavy atom. The van der Waals surface area contributed by atoms with E-state index in [1.807, 2.05) is 89.5 Å². The van der Waals surface area contributed by atoms with Gasteiger partial charge in [0, 0.05) is 32.2 Å². The zero-order valence-electron chi connectivity index (χ0n) is 20.7. The summed E-state index contributed by atoms with van der Waals surface area (Å²) in [6.07, 6.45) is 0. The molecule has 1 heterocycles. The van der Waals surface area contributed by atoms with E-state index in [-0.39, 0.29) is 0 Å². The number of hydrogen-bond donors (Lipinski definition) is 1. The molecule has 0 radical (unpaired) electrons. The molecule has 5 heteroatoms. The van der Waals surface area contributed by atoms with Crippen LogP contribution in [0, 0.1) is 13.8 Å². The van der Waals surface area contributed by atoms with Crippen molar-refractivity contribution in [1.82, 2.24) is 15.5 Å². The fourth-order valence-corrected chi connectivity index (χ4v) is 3.29. The maximum absolute atomic E-state index is 5.61. The minimum atomic E-state index is 0.800. The topological polar surface area (TPSA) is 46.6 Å². The van der Waals surface area contributed by atoms with Gasteiger partial charge in [-0.25, -0.2) is 4.98 Å². The van der Waals surface area contributed by atoms with E-state index in [0.717, 1.165) is 28.1 Å². The molecule has 0 unspecified atom stereocenters. The molecule has 0 saturated heterocycles. The number of para-hydroxylation sites is 1. The van der Waals surface area contributed by atoms with Gasteiger partial charge in [-0.3, -0.25) is 0 Å². The van der Waals surface area contributed by atoms with Crippen LogP contribution in [0.4, 0.5) is 0 Å². The molecular weight excluding hydrogens is 410 g/mol. The first-order valence-electron chi connectivity index (χ1n) is 11.2. The predicted molar refractivity (Wildman–Crippen MR) is 138 cm³/mol. The number of fused-ring (bicyclic) bond motifs is 1. The third kappa shape index (κ3) is 7.59. The maximum atomic E-state index is 5.61. The summed E-state index contributed by atoms with van der Waals surface area (Å²) in [4.78, 5) is 15.3. The van der Waals surface area contributed by atoms with Gasteiger partial charge in [-0.15, -0.1) is 0 Å². The van der Waals surface area contributed by atoms with Crippen LogP contribution in [0.25, 0.3) is 22.0 Å². The van der Waals surface area contributed by atoms with Gasteiger partial charge in [0.2, 0.25) is 0 Å². The molecule has 0 aliphatic rings. The van der Waals surface area contributed by atoms with Crippen molar-refractivity contribution in [2.45, 2.75) is 27.7 Å². The molecular formula is C28H35N3O2. The Morgan fingerprint density at radius 3 is 2.03 bits per heavy atom. The lowest BCUT2D eigenvalue weighted by atomic mass is 10.1. The highest BCUT2D eigenvalue weighted by Crippen LogP contribution is 2.27. The lowest BCUT2D eigenvalue weighted by Gasteiger charge is -2.14. The molecule has 1 aromatic heterocycles. The number of pyridine rings is 1. The molecule has 0 spiro atoms. The minimum Gasteiger partial charge on any atom is -0.409 e. The van der Waals surface area contributed by atoms with E-state index in [4.69, 9.17) is 9.68 Å². The van der Waals surface area contributed by atoms with Crippen LogP contribution in [-0.4, -0.2) is 31.2 Å². The first kappa shape index (κ1) is 25.8. The monoisotopic (exact) mass is 445 g/mol. The Morgan fingerprint density at radius 2 is 1.42 bits per heavy atom. The average Bonchev–Trinajstić information content (AvgIpc) is 2.82. The fourth-order valence-electron chi connectivity index (χ4n) is 3.29. The summed E-state index contributed by atoms with van der Waals surface area (Å²) in [7, 11) is 5.47. The molecule has 0 fully saturated rings. The van der Waals surface area contributed by atoms with Gasteiger partial charge >= 0.3 is 0 Å². The average molecular weight is 446 g/mol. The van der Waals surface area contributed by atoms with Crippen LogP contribution in [0.5, 0.6) is 11.5 Å². The van der Waals surface area contributed by atoms with Crippen molar-refractivity contribution < 1.29 is 9.68 Å². The summed E-state index contributed by atoms with van der Waals surface area (Å²) < 4.78 is 0. The summed E-state index contributed by atoms with van der Waals surface area (Å²) >= 11 is 0. The lowest BCUT2D eigenvalue weighted by Crippen LogP contribution is -2.16. The molecule has 0 amide bonds. The molecule has 0 saturated carbocycles. The summed E-state index contributed by atoms with van der Waals surface area (Å²) in [6, 6.07) is 26.3. The Hall–Kier alpha value is -3.41. The van der Waals surface area contributed by atoms with Crippen LogP contribution >= 0.6 is 0 Å². The Labute approximate surface area is 197 Å². The van der Waals surface area contributed by atoms with Crippen LogP contribution in [0.3, 0.4) is 0 Å². The van der Waals surface area contributed by atoms with E-state index in [2.05, 4.69) is 41.7 Å². The molecule has 33 heavy (non-hydrogen) atoms. The Kier molecular flexibility index (Phi) is 10.3. The molecule has 0 atom stereocenters. The van der Waals surface area contributed by atoms with Crippen molar-refractivity contribution in [2.75, 3.05) is 21.1 Å². The minimum absolute atomic E-state index is 0.800. The van der Waals surface area contributed by atoms with Crippen molar-refractivity contribution >= 4 is 10.9 Å². The second-order valence-corrected chi connectivity index (χ2v) is 7.33. The summed E-state index contributed by atoms with van der Waals surface area (Å²) in [5.74, 6) is 1.62. The quantitative estimate of drug-likeness (QED) is 0.351. The van der Waals surface area contributed by atoms with E-state index >= 15 is 0 Å². The number of nitrogens with one attached hydrogen (secondary N) is 1. The highest BCUT2D eigenvalue weighted by Gasteiger charge is 2.07. The van der Waals surface area contributed by atoms with Crippen molar-refractivity contribution in [3.63, 3.8) is 0 Å². The van der Waals surface area contributed by atoms with Gasteiger partial charge in [-0.1, -0.05) is 68.4 Å². The standard InChI is InChI=1S/C13H16N2O.C13H13NO.C2H6/c1-9-8-10(2)14-13-11(9)6-5-7-12(13)16-15(3)4;1-14-15-13-9-7-12(8-10-13)11-5-3-2-4-6-11;1-2/h5-8H,1-4H3;2-10,14H,1H3;1-2H3. The SMILES string of the molecule is CC.CNOc1ccc(-c2ccccc2)cc1.Cc1cc(C)c2cccc(ON(C)C)c2n1. The van der Waals surface area contributed by atoms with E-state index in [0.29, 0.717) is 0 Å². The highest BCUT2D eigenvalue weighted by atomic mass is 16.7. The van der Waals surface area contributed by atoms with E-state index < -0.39 is 0 Å². The van der Waals surface area contributed by atoms with Crippen molar-refractivity contribution in [2.24, 2.45) is 0 Å². The summed E-state index contributed by atoms with van der Waals surface area (Å²) in [5, 5.41) is 2.82. The van der Waals surface area contributed by atoms with E-state index in [1.54, 1.807) is 12.1 Å².